The fourth-order valence-corrected chi connectivity index (χ4v) is 9.25. The molecular formula is C29H36O2Si. The first-order chi connectivity index (χ1) is 15.2. The van der Waals surface area contributed by atoms with Gasteiger partial charge in [-0.2, -0.15) is 0 Å². The molecule has 1 N–H and O–H groups in total. The molecule has 0 unspecified atom stereocenters. The zero-order chi connectivity index (χ0) is 23.4. The minimum atomic E-state index is -2.59. The van der Waals surface area contributed by atoms with Crippen LogP contribution in [0.25, 0.3) is 5.57 Å². The molecule has 0 spiro atoms. The van der Waals surface area contributed by atoms with Crippen molar-refractivity contribution in [1.82, 2.24) is 0 Å². The van der Waals surface area contributed by atoms with E-state index >= 15 is 0 Å². The van der Waals surface area contributed by atoms with Crippen molar-refractivity contribution >= 4 is 24.3 Å². The van der Waals surface area contributed by atoms with Crippen LogP contribution in [0, 0.1) is 13.8 Å². The molecule has 0 aromatic heterocycles. The molecule has 0 fully saturated rings. The van der Waals surface area contributed by atoms with E-state index in [0.717, 1.165) is 5.57 Å². The SMILES string of the molecule is C/C(=C\CO)c1ccc(C)c(CO[Si](c2ccccc2)(c2ccccc2)C(C)(C)C)c1C. The summed E-state index contributed by atoms with van der Waals surface area (Å²) in [6.07, 6.45) is 1.87. The van der Waals surface area contributed by atoms with Gasteiger partial charge >= 0.3 is 0 Å². The third-order valence-electron chi connectivity index (χ3n) is 6.50. The van der Waals surface area contributed by atoms with Gasteiger partial charge < -0.3 is 9.53 Å². The lowest BCUT2D eigenvalue weighted by molar-refractivity contribution is 0.285. The smallest absolute Gasteiger partial charge is 0.261 e. The van der Waals surface area contributed by atoms with E-state index in [-0.39, 0.29) is 11.6 Å². The minimum absolute atomic E-state index is 0.0487. The Hall–Kier alpha value is -2.46. The summed E-state index contributed by atoms with van der Waals surface area (Å²) in [7, 11) is -2.59. The van der Waals surface area contributed by atoms with Crippen molar-refractivity contribution in [2.45, 2.75) is 53.2 Å². The summed E-state index contributed by atoms with van der Waals surface area (Å²) in [6.45, 7) is 13.9. The first-order valence-corrected chi connectivity index (χ1v) is 13.2. The molecule has 0 aliphatic heterocycles. The monoisotopic (exact) mass is 444 g/mol. The normalized spacial score (nSPS) is 12.8. The summed E-state index contributed by atoms with van der Waals surface area (Å²) in [5.74, 6) is 0. The standard InChI is InChI=1S/C29H36O2Si/c1-22-17-18-27(23(2)19-20-30)24(3)28(22)21-31-32(29(4,5)6,25-13-9-7-10-14-25)26-15-11-8-12-16-26/h7-19,30H,20-21H2,1-6H3/b23-19+. The van der Waals surface area contributed by atoms with Gasteiger partial charge in [-0.15, -0.1) is 0 Å². The molecule has 0 heterocycles. The molecule has 0 amide bonds. The third kappa shape index (κ3) is 4.66. The van der Waals surface area contributed by atoms with E-state index in [1.807, 2.05) is 6.08 Å². The Morgan fingerprint density at radius 2 is 1.41 bits per heavy atom. The Labute approximate surface area is 194 Å². The Morgan fingerprint density at radius 3 is 1.88 bits per heavy atom. The topological polar surface area (TPSA) is 29.5 Å². The molecule has 32 heavy (non-hydrogen) atoms. The molecule has 0 aliphatic rings. The van der Waals surface area contributed by atoms with Gasteiger partial charge in [-0.25, -0.2) is 0 Å². The fraction of sp³-hybridized carbons (Fsp3) is 0.310. The van der Waals surface area contributed by atoms with Crippen molar-refractivity contribution in [3.63, 3.8) is 0 Å². The molecule has 3 rings (SSSR count). The van der Waals surface area contributed by atoms with Gasteiger partial charge in [0, 0.05) is 0 Å². The number of aryl methyl sites for hydroxylation is 1. The van der Waals surface area contributed by atoms with Crippen LogP contribution in [0.15, 0.2) is 78.9 Å². The van der Waals surface area contributed by atoms with Crippen LogP contribution >= 0.6 is 0 Å². The second-order valence-corrected chi connectivity index (χ2v) is 13.9. The molecule has 3 aromatic rings. The Bertz CT molecular complexity index is 1020. The predicted molar refractivity (Wildman–Crippen MR) is 139 cm³/mol. The van der Waals surface area contributed by atoms with Gasteiger partial charge in [0.25, 0.3) is 8.32 Å². The predicted octanol–water partition coefficient (Wildman–Crippen LogP) is 5.78. The number of allylic oxidation sites excluding steroid dienone is 1. The highest BCUT2D eigenvalue weighted by Crippen LogP contribution is 2.38. The highest BCUT2D eigenvalue weighted by Gasteiger charge is 2.50. The maximum absolute atomic E-state index is 9.37. The second kappa shape index (κ2) is 9.99. The van der Waals surface area contributed by atoms with Crippen molar-refractivity contribution in [2.24, 2.45) is 0 Å². The van der Waals surface area contributed by atoms with Crippen LogP contribution in [0.3, 0.4) is 0 Å². The summed E-state index contributed by atoms with van der Waals surface area (Å²) in [5, 5.41) is 11.9. The Balaban J connectivity index is 2.14. The number of aliphatic hydroxyl groups is 1. The van der Waals surface area contributed by atoms with Gasteiger partial charge in [-0.3, -0.25) is 0 Å². The van der Waals surface area contributed by atoms with Crippen molar-refractivity contribution in [1.29, 1.82) is 0 Å². The molecule has 0 aliphatic carbocycles. The third-order valence-corrected chi connectivity index (χ3v) is 11.5. The van der Waals surface area contributed by atoms with Gasteiger partial charge in [0.15, 0.2) is 0 Å². The molecule has 2 nitrogen and oxygen atoms in total. The first kappa shape index (κ1) is 24.2. The van der Waals surface area contributed by atoms with Crippen molar-refractivity contribution < 1.29 is 9.53 Å². The average molecular weight is 445 g/mol. The van der Waals surface area contributed by atoms with Crippen LogP contribution in [0.2, 0.25) is 5.04 Å². The summed E-state index contributed by atoms with van der Waals surface area (Å²) in [4.78, 5) is 0. The van der Waals surface area contributed by atoms with Gasteiger partial charge in [0.05, 0.1) is 13.2 Å². The van der Waals surface area contributed by atoms with E-state index in [1.54, 1.807) is 0 Å². The van der Waals surface area contributed by atoms with Crippen LogP contribution in [0.4, 0.5) is 0 Å². The van der Waals surface area contributed by atoms with E-state index in [4.69, 9.17) is 4.43 Å². The van der Waals surface area contributed by atoms with Crippen molar-refractivity contribution in [2.75, 3.05) is 6.61 Å². The largest absolute Gasteiger partial charge is 0.403 e. The molecule has 0 saturated heterocycles. The zero-order valence-electron chi connectivity index (χ0n) is 20.3. The van der Waals surface area contributed by atoms with E-state index < -0.39 is 8.32 Å². The molecule has 0 atom stereocenters. The lowest BCUT2D eigenvalue weighted by atomic mass is 9.94. The Kier molecular flexibility index (Phi) is 7.55. The maximum atomic E-state index is 9.37. The van der Waals surface area contributed by atoms with Crippen molar-refractivity contribution in [3.8, 4) is 0 Å². The summed E-state index contributed by atoms with van der Waals surface area (Å²) in [5.41, 5.74) is 5.97. The fourth-order valence-electron chi connectivity index (χ4n) is 4.73. The molecule has 0 radical (unpaired) electrons. The van der Waals surface area contributed by atoms with E-state index in [0.29, 0.717) is 6.61 Å². The number of aliphatic hydroxyl groups excluding tert-OH is 1. The Morgan fingerprint density at radius 1 is 0.875 bits per heavy atom. The number of rotatable bonds is 7. The molecule has 3 aromatic carbocycles. The highest BCUT2D eigenvalue weighted by atomic mass is 28.4. The molecular weight excluding hydrogens is 408 g/mol. The summed E-state index contributed by atoms with van der Waals surface area (Å²) < 4.78 is 7.18. The van der Waals surface area contributed by atoms with Crippen molar-refractivity contribution in [3.05, 3.63) is 101 Å². The van der Waals surface area contributed by atoms with E-state index in [9.17, 15) is 5.11 Å². The number of hydrogen-bond donors (Lipinski definition) is 1. The van der Waals surface area contributed by atoms with Crippen LogP contribution in [0.1, 0.15) is 49.9 Å². The number of hydrogen-bond acceptors (Lipinski definition) is 2. The zero-order valence-corrected chi connectivity index (χ0v) is 21.3. The van der Waals surface area contributed by atoms with Crippen LogP contribution in [0.5, 0.6) is 0 Å². The minimum Gasteiger partial charge on any atom is -0.403 e. The molecule has 3 heteroatoms. The summed E-state index contributed by atoms with van der Waals surface area (Å²) in [6, 6.07) is 25.9. The maximum Gasteiger partial charge on any atom is 0.261 e. The molecule has 0 saturated carbocycles. The second-order valence-electron chi connectivity index (χ2n) is 9.56. The van der Waals surface area contributed by atoms with Gasteiger partial charge in [0.1, 0.15) is 0 Å². The lowest BCUT2D eigenvalue weighted by Gasteiger charge is -2.43. The van der Waals surface area contributed by atoms with Crippen LogP contribution < -0.4 is 10.4 Å². The van der Waals surface area contributed by atoms with Gasteiger partial charge in [0.2, 0.25) is 0 Å². The van der Waals surface area contributed by atoms with E-state index in [2.05, 4.69) is 114 Å². The van der Waals surface area contributed by atoms with Gasteiger partial charge in [-0.1, -0.05) is 99.6 Å². The molecule has 168 valence electrons. The first-order valence-electron chi connectivity index (χ1n) is 11.3. The number of benzene rings is 3. The van der Waals surface area contributed by atoms with E-state index in [1.165, 1.54) is 32.6 Å². The lowest BCUT2D eigenvalue weighted by Crippen LogP contribution is -2.66. The summed E-state index contributed by atoms with van der Waals surface area (Å²) >= 11 is 0. The average Bonchev–Trinajstić information content (AvgIpc) is 2.76. The highest BCUT2D eigenvalue weighted by molar-refractivity contribution is 6.99. The van der Waals surface area contributed by atoms with Gasteiger partial charge in [-0.05, 0) is 64.0 Å². The van der Waals surface area contributed by atoms with Crippen LogP contribution in [-0.4, -0.2) is 20.0 Å². The van der Waals surface area contributed by atoms with Crippen LogP contribution in [-0.2, 0) is 11.0 Å². The molecule has 0 bridgehead atoms. The quantitative estimate of drug-likeness (QED) is 0.468.